The van der Waals surface area contributed by atoms with Crippen molar-refractivity contribution in [1.29, 1.82) is 0 Å². The Labute approximate surface area is 99.8 Å². The van der Waals surface area contributed by atoms with Gasteiger partial charge in [0.15, 0.2) is 0 Å². The van der Waals surface area contributed by atoms with Gasteiger partial charge in [0.05, 0.1) is 0 Å². The first-order chi connectivity index (χ1) is 6.65. The maximum atomic E-state index is 10.7. The molecule has 1 heterocycles. The molecule has 0 bridgehead atoms. The minimum atomic E-state index is -0.717. The number of hydrogen-bond acceptors (Lipinski definition) is 3. The predicted octanol–water partition coefficient (Wildman–Crippen LogP) is 3.61. The smallest absolute Gasteiger partial charge is 0.316 e. The van der Waals surface area contributed by atoms with E-state index in [-0.39, 0.29) is 5.25 Å². The lowest BCUT2D eigenvalue weighted by atomic mass is 10.3. The van der Waals surface area contributed by atoms with Crippen molar-refractivity contribution in [3.05, 3.63) is 20.8 Å². The Balaban J connectivity index is 2.47. The number of carbonyl (C=O) groups is 1. The number of carboxylic acids is 1. The quantitative estimate of drug-likeness (QED) is 0.901. The van der Waals surface area contributed by atoms with E-state index < -0.39 is 5.97 Å². The van der Waals surface area contributed by atoms with Gasteiger partial charge in [-0.15, -0.1) is 23.1 Å². The highest BCUT2D eigenvalue weighted by Crippen LogP contribution is 2.29. The van der Waals surface area contributed by atoms with Crippen LogP contribution in [0.1, 0.15) is 18.2 Å². The summed E-state index contributed by atoms with van der Waals surface area (Å²) in [5.74, 6) is 0.0495. The van der Waals surface area contributed by atoms with Crippen LogP contribution < -0.4 is 0 Å². The number of thioether (sulfide) groups is 1. The molecule has 0 amide bonds. The Morgan fingerprint density at radius 3 is 2.93 bits per heavy atom. The monoisotopic (exact) mass is 294 g/mol. The van der Waals surface area contributed by atoms with E-state index in [1.54, 1.807) is 11.3 Å². The van der Waals surface area contributed by atoms with Gasteiger partial charge < -0.3 is 5.11 Å². The topological polar surface area (TPSA) is 37.3 Å². The highest BCUT2D eigenvalue weighted by molar-refractivity contribution is 9.10. The van der Waals surface area contributed by atoms with Gasteiger partial charge in [0.1, 0.15) is 5.25 Å². The Kier molecular flexibility index (Phi) is 4.98. The zero-order chi connectivity index (χ0) is 10.6. The van der Waals surface area contributed by atoms with Gasteiger partial charge >= 0.3 is 5.97 Å². The average molecular weight is 295 g/mol. The molecule has 5 heteroatoms. The zero-order valence-corrected chi connectivity index (χ0v) is 10.9. The zero-order valence-electron chi connectivity index (χ0n) is 7.70. The van der Waals surface area contributed by atoms with Crippen LogP contribution in [0.4, 0.5) is 0 Å². The van der Waals surface area contributed by atoms with Gasteiger partial charge in [-0.2, -0.15) is 0 Å². The number of rotatable bonds is 5. The average Bonchev–Trinajstić information content (AvgIpc) is 2.52. The molecule has 2 nitrogen and oxygen atoms in total. The minimum Gasteiger partial charge on any atom is -0.480 e. The normalized spacial score (nSPS) is 12.7. The van der Waals surface area contributed by atoms with Gasteiger partial charge in [-0.3, -0.25) is 4.79 Å². The second kappa shape index (κ2) is 5.78. The van der Waals surface area contributed by atoms with Crippen LogP contribution in [0.2, 0.25) is 0 Å². The van der Waals surface area contributed by atoms with Crippen LogP contribution in [0.25, 0.3) is 0 Å². The molecule has 0 aromatic carbocycles. The third kappa shape index (κ3) is 3.29. The van der Waals surface area contributed by atoms with E-state index in [0.717, 1.165) is 10.2 Å². The standard InChI is InChI=1S/C9H11BrO2S2/c1-2-7(9(11)12)14-5-8-6(10)3-4-13-8/h3-4,7H,2,5H2,1H3,(H,11,12). The molecule has 0 fully saturated rings. The summed E-state index contributed by atoms with van der Waals surface area (Å²) in [6, 6.07) is 1.99. The number of aliphatic carboxylic acids is 1. The second-order valence-corrected chi connectivity index (χ2v) is 5.78. The van der Waals surface area contributed by atoms with Crippen molar-refractivity contribution in [2.24, 2.45) is 0 Å². The van der Waals surface area contributed by atoms with E-state index in [0.29, 0.717) is 6.42 Å². The summed E-state index contributed by atoms with van der Waals surface area (Å²) in [6.45, 7) is 1.90. The summed E-state index contributed by atoms with van der Waals surface area (Å²) < 4.78 is 1.08. The summed E-state index contributed by atoms with van der Waals surface area (Å²) in [5, 5.41) is 10.6. The molecule has 0 saturated heterocycles. The summed E-state index contributed by atoms with van der Waals surface area (Å²) in [5.41, 5.74) is 0. The molecule has 1 aromatic rings. The minimum absolute atomic E-state index is 0.288. The van der Waals surface area contributed by atoms with Gasteiger partial charge in [0, 0.05) is 15.1 Å². The molecule has 78 valence electrons. The molecule has 1 atom stereocenters. The molecule has 0 aliphatic heterocycles. The lowest BCUT2D eigenvalue weighted by Gasteiger charge is -2.08. The Bertz CT molecular complexity index is 312. The highest BCUT2D eigenvalue weighted by atomic mass is 79.9. The van der Waals surface area contributed by atoms with Crippen LogP contribution in [-0.4, -0.2) is 16.3 Å². The molecule has 1 aromatic heterocycles. The fourth-order valence-electron chi connectivity index (χ4n) is 0.968. The largest absolute Gasteiger partial charge is 0.480 e. The third-order valence-corrected chi connectivity index (χ3v) is 5.25. The van der Waals surface area contributed by atoms with Crippen molar-refractivity contribution in [3.8, 4) is 0 Å². The van der Waals surface area contributed by atoms with Crippen LogP contribution in [0.3, 0.4) is 0 Å². The summed E-state index contributed by atoms with van der Waals surface area (Å²) in [7, 11) is 0. The Morgan fingerprint density at radius 2 is 2.50 bits per heavy atom. The van der Waals surface area contributed by atoms with Gasteiger partial charge in [-0.25, -0.2) is 0 Å². The van der Waals surface area contributed by atoms with Crippen LogP contribution >= 0.6 is 39.0 Å². The number of halogens is 1. The maximum Gasteiger partial charge on any atom is 0.316 e. The lowest BCUT2D eigenvalue weighted by Crippen LogP contribution is -2.14. The molecular weight excluding hydrogens is 284 g/mol. The first kappa shape index (κ1) is 12.1. The van der Waals surface area contributed by atoms with Crippen molar-refractivity contribution in [2.45, 2.75) is 24.3 Å². The summed E-state index contributed by atoms with van der Waals surface area (Å²) >= 11 is 6.56. The Morgan fingerprint density at radius 1 is 1.79 bits per heavy atom. The number of hydrogen-bond donors (Lipinski definition) is 1. The van der Waals surface area contributed by atoms with Crippen LogP contribution in [0, 0.1) is 0 Å². The molecule has 1 unspecified atom stereocenters. The summed E-state index contributed by atoms with van der Waals surface area (Å²) in [4.78, 5) is 11.9. The summed E-state index contributed by atoms with van der Waals surface area (Å²) in [6.07, 6.45) is 0.670. The van der Waals surface area contributed by atoms with E-state index in [4.69, 9.17) is 5.11 Å². The fourth-order valence-corrected chi connectivity index (χ4v) is 3.79. The van der Waals surface area contributed by atoms with Crippen molar-refractivity contribution in [1.82, 2.24) is 0 Å². The van der Waals surface area contributed by atoms with Crippen molar-refractivity contribution in [3.63, 3.8) is 0 Å². The van der Waals surface area contributed by atoms with Crippen molar-refractivity contribution >= 4 is 45.0 Å². The van der Waals surface area contributed by atoms with Crippen molar-refractivity contribution < 1.29 is 9.90 Å². The number of carboxylic acid groups (broad SMARTS) is 1. The van der Waals surface area contributed by atoms with E-state index in [9.17, 15) is 4.79 Å². The van der Waals surface area contributed by atoms with Gasteiger partial charge in [0.25, 0.3) is 0 Å². The molecule has 0 spiro atoms. The van der Waals surface area contributed by atoms with Gasteiger partial charge in [-0.05, 0) is 33.8 Å². The first-order valence-electron chi connectivity index (χ1n) is 4.21. The van der Waals surface area contributed by atoms with Crippen LogP contribution in [0.5, 0.6) is 0 Å². The van der Waals surface area contributed by atoms with E-state index >= 15 is 0 Å². The fraction of sp³-hybridized carbons (Fsp3) is 0.444. The third-order valence-electron chi connectivity index (χ3n) is 1.75. The molecule has 0 saturated carbocycles. The number of thiophene rings is 1. The first-order valence-corrected chi connectivity index (χ1v) is 6.93. The molecule has 1 N–H and O–H groups in total. The molecule has 1 rings (SSSR count). The predicted molar refractivity (Wildman–Crippen MR) is 65.0 cm³/mol. The highest BCUT2D eigenvalue weighted by Gasteiger charge is 2.16. The Hall–Kier alpha value is -0.000000000000000111. The SMILES string of the molecule is CCC(SCc1sccc1Br)C(=O)O. The molecule has 0 aliphatic carbocycles. The lowest BCUT2D eigenvalue weighted by molar-refractivity contribution is -0.136. The molecular formula is C9H11BrO2S2. The van der Waals surface area contributed by atoms with Crippen LogP contribution in [0.15, 0.2) is 15.9 Å². The van der Waals surface area contributed by atoms with Crippen molar-refractivity contribution in [2.75, 3.05) is 0 Å². The van der Waals surface area contributed by atoms with Gasteiger partial charge in [0.2, 0.25) is 0 Å². The molecule has 0 radical (unpaired) electrons. The van der Waals surface area contributed by atoms with Crippen LogP contribution in [-0.2, 0) is 10.5 Å². The molecule has 0 aliphatic rings. The van der Waals surface area contributed by atoms with E-state index in [1.165, 1.54) is 16.6 Å². The molecule has 14 heavy (non-hydrogen) atoms. The van der Waals surface area contributed by atoms with Gasteiger partial charge in [-0.1, -0.05) is 6.92 Å². The van der Waals surface area contributed by atoms with E-state index in [2.05, 4.69) is 15.9 Å². The second-order valence-electron chi connectivity index (χ2n) is 2.74. The maximum absolute atomic E-state index is 10.7. The van der Waals surface area contributed by atoms with E-state index in [1.807, 2.05) is 18.4 Å².